The Morgan fingerprint density at radius 2 is 0.329 bits per heavy atom. The van der Waals surface area contributed by atoms with Gasteiger partial charge in [0.05, 0.1) is 16.8 Å². The Morgan fingerprint density at radius 3 is 0.471 bits per heavy atom. The van der Waals surface area contributed by atoms with E-state index in [1.165, 1.54) is 0 Å². The van der Waals surface area contributed by atoms with Gasteiger partial charge in [-0.05, 0) is 91.6 Å². The quantitative estimate of drug-likeness (QED) is 0.0803. The highest BCUT2D eigenvalue weighted by atomic mass is 16.8. The molecule has 0 spiro atoms. The van der Waals surface area contributed by atoms with Gasteiger partial charge in [-0.1, -0.05) is 273 Å². The van der Waals surface area contributed by atoms with E-state index in [0.29, 0.717) is 0 Å². The van der Waals surface area contributed by atoms with E-state index < -0.39 is 40.4 Å². The van der Waals surface area contributed by atoms with E-state index in [9.17, 15) is 0 Å². The van der Waals surface area contributed by atoms with E-state index >= 15 is 0 Å². The van der Waals surface area contributed by atoms with Crippen LogP contribution in [0.2, 0.25) is 0 Å². The van der Waals surface area contributed by atoms with Crippen molar-refractivity contribution in [3.05, 3.63) is 323 Å². The largest absolute Gasteiger partial charge is 0.641 e. The maximum absolute atomic E-state index is 8.22. The summed E-state index contributed by atoms with van der Waals surface area (Å²) in [5.41, 5.74) is 3.44. The summed E-state index contributed by atoms with van der Waals surface area (Å²) < 4.78 is 24.7. The number of rotatable bonds is 18. The van der Waals surface area contributed by atoms with Crippen LogP contribution >= 0.6 is 0 Å². The first-order valence-corrected chi connectivity index (χ1v) is 24.5. The van der Waals surface area contributed by atoms with Crippen molar-refractivity contribution in [1.29, 1.82) is 0 Å². The molecule has 0 saturated carbocycles. The first-order valence-electron chi connectivity index (χ1n) is 24.5. The molecule has 0 aliphatic rings. The van der Waals surface area contributed by atoms with Gasteiger partial charge >= 0.3 is 7.32 Å². The molecular weight excluding hydrogens is 852 g/mol. The molecule has 0 radical (unpaired) electrons. The second-order valence-electron chi connectivity index (χ2n) is 19.4. The van der Waals surface area contributed by atoms with Crippen molar-refractivity contribution in [3.8, 4) is 0 Å². The van der Waals surface area contributed by atoms with Crippen LogP contribution in [0.1, 0.15) is 91.6 Å². The average Bonchev–Trinajstić information content (AvgIpc) is 3.44. The second kappa shape index (κ2) is 20.1. The molecule has 3 unspecified atom stereocenters. The first-order chi connectivity index (χ1) is 34.0. The van der Waals surface area contributed by atoms with Gasteiger partial charge in [-0.25, -0.2) is 0 Å². The van der Waals surface area contributed by atoms with E-state index in [1.807, 2.05) is 0 Å². The standard InChI is InChI=1S/C66H63BO3/c1-61(52-34-16-7-17-35-52,53-36-18-8-19-37-53)64(4,58-46-28-13-29-47-58)68-67(69-65(5,59-48-30-14-31-49-59)62(2,54-38-20-9-21-39-54)55-40-22-10-23-41-55)70-66(6,60-50-32-15-33-51-60)63(3,56-42-24-11-25-43-56)57-44-26-12-27-45-57/h7-51H,1-6H3. The highest BCUT2D eigenvalue weighted by molar-refractivity contribution is 6.37. The number of hydrogen-bond donors (Lipinski definition) is 0. The molecule has 9 rings (SSSR count). The fourth-order valence-electron chi connectivity index (χ4n) is 11.1. The van der Waals surface area contributed by atoms with Crippen molar-refractivity contribution in [1.82, 2.24) is 0 Å². The molecule has 4 heteroatoms. The zero-order chi connectivity index (χ0) is 48.7. The molecule has 9 aromatic carbocycles. The van der Waals surface area contributed by atoms with Gasteiger partial charge in [-0.3, -0.25) is 0 Å². The van der Waals surface area contributed by atoms with Crippen molar-refractivity contribution < 1.29 is 14.0 Å². The lowest BCUT2D eigenvalue weighted by atomic mass is 9.60. The van der Waals surface area contributed by atoms with Gasteiger partial charge in [0.1, 0.15) is 0 Å². The molecule has 0 amide bonds. The van der Waals surface area contributed by atoms with E-state index in [1.54, 1.807) is 0 Å². The molecule has 70 heavy (non-hydrogen) atoms. The molecular formula is C66H63BO3. The van der Waals surface area contributed by atoms with Gasteiger partial charge in [0, 0.05) is 16.2 Å². The van der Waals surface area contributed by atoms with Crippen LogP contribution < -0.4 is 0 Å². The van der Waals surface area contributed by atoms with Crippen molar-refractivity contribution in [2.45, 2.75) is 74.6 Å². The third kappa shape index (κ3) is 8.45. The van der Waals surface area contributed by atoms with Gasteiger partial charge < -0.3 is 14.0 Å². The second-order valence-corrected chi connectivity index (χ2v) is 19.4. The fourth-order valence-corrected chi connectivity index (χ4v) is 11.1. The average molecular weight is 915 g/mol. The summed E-state index contributed by atoms with van der Waals surface area (Å²) in [6.45, 7) is 13.5. The third-order valence-electron chi connectivity index (χ3n) is 15.9. The number of benzene rings is 9. The summed E-state index contributed by atoms with van der Waals surface area (Å²) in [6.07, 6.45) is 0. The molecule has 3 nitrogen and oxygen atoms in total. The maximum atomic E-state index is 8.22. The van der Waals surface area contributed by atoms with Gasteiger partial charge in [0.2, 0.25) is 0 Å². The van der Waals surface area contributed by atoms with E-state index in [2.05, 4.69) is 315 Å². The zero-order valence-corrected chi connectivity index (χ0v) is 41.3. The topological polar surface area (TPSA) is 27.7 Å². The fraction of sp³-hybridized carbons (Fsp3) is 0.182. The highest BCUT2D eigenvalue weighted by Crippen LogP contribution is 2.56. The highest BCUT2D eigenvalue weighted by Gasteiger charge is 2.60. The lowest BCUT2D eigenvalue weighted by molar-refractivity contribution is -0.125. The molecule has 0 aliphatic carbocycles. The minimum atomic E-state index is -1.36. The Hall–Kier alpha value is -7.08. The summed E-state index contributed by atoms with van der Waals surface area (Å²) >= 11 is 0. The predicted octanol–water partition coefficient (Wildman–Crippen LogP) is 15.8. The van der Waals surface area contributed by atoms with Crippen LogP contribution in [0.15, 0.2) is 273 Å². The molecule has 9 aromatic rings. The summed E-state index contributed by atoms with van der Waals surface area (Å²) in [7, 11) is -1.36. The monoisotopic (exact) mass is 914 g/mol. The molecule has 3 atom stereocenters. The number of hydrogen-bond acceptors (Lipinski definition) is 3. The molecule has 0 fully saturated rings. The summed E-state index contributed by atoms with van der Waals surface area (Å²) in [6, 6.07) is 96.1. The Labute approximate surface area is 417 Å². The van der Waals surface area contributed by atoms with Gasteiger partial charge in [-0.15, -0.1) is 0 Å². The normalized spacial score (nSPS) is 14.7. The van der Waals surface area contributed by atoms with Gasteiger partial charge in [-0.2, -0.15) is 0 Å². The Kier molecular flexibility index (Phi) is 13.8. The summed E-state index contributed by atoms with van der Waals surface area (Å²) in [5.74, 6) is 0. The molecule has 0 saturated heterocycles. The molecule has 0 N–H and O–H groups in total. The summed E-state index contributed by atoms with van der Waals surface area (Å²) in [5, 5.41) is 0. The Morgan fingerprint density at radius 1 is 0.200 bits per heavy atom. The molecule has 0 aliphatic heterocycles. The van der Waals surface area contributed by atoms with E-state index in [0.717, 1.165) is 50.1 Å². The zero-order valence-electron chi connectivity index (χ0n) is 41.3. The minimum Gasteiger partial charge on any atom is -0.375 e. The van der Waals surface area contributed by atoms with E-state index in [4.69, 9.17) is 14.0 Å². The van der Waals surface area contributed by atoms with Crippen molar-refractivity contribution in [3.63, 3.8) is 0 Å². The van der Waals surface area contributed by atoms with Crippen molar-refractivity contribution in [2.24, 2.45) is 0 Å². The van der Waals surface area contributed by atoms with Crippen molar-refractivity contribution in [2.75, 3.05) is 0 Å². The predicted molar refractivity (Wildman–Crippen MR) is 288 cm³/mol. The van der Waals surface area contributed by atoms with Crippen LogP contribution in [-0.4, -0.2) is 7.32 Å². The lowest BCUT2D eigenvalue weighted by Crippen LogP contribution is -2.59. The smallest absolute Gasteiger partial charge is 0.375 e. The maximum Gasteiger partial charge on any atom is 0.641 e. The van der Waals surface area contributed by atoms with Crippen LogP contribution in [0.5, 0.6) is 0 Å². The van der Waals surface area contributed by atoms with Crippen LogP contribution in [0.4, 0.5) is 0 Å². The van der Waals surface area contributed by atoms with Crippen LogP contribution in [0.3, 0.4) is 0 Å². The van der Waals surface area contributed by atoms with Crippen molar-refractivity contribution >= 4 is 7.32 Å². The van der Waals surface area contributed by atoms with Crippen LogP contribution in [-0.2, 0) is 47.0 Å². The van der Waals surface area contributed by atoms with Crippen LogP contribution in [0, 0.1) is 0 Å². The first kappa shape index (κ1) is 48.0. The van der Waals surface area contributed by atoms with Crippen LogP contribution in [0.25, 0.3) is 0 Å². The third-order valence-corrected chi connectivity index (χ3v) is 15.9. The van der Waals surface area contributed by atoms with E-state index in [-0.39, 0.29) is 0 Å². The Balaban J connectivity index is 1.37. The molecule has 348 valence electrons. The molecule has 0 bridgehead atoms. The molecule has 0 aromatic heterocycles. The lowest BCUT2D eigenvalue weighted by Gasteiger charge is -2.54. The van der Waals surface area contributed by atoms with Gasteiger partial charge in [0.15, 0.2) is 0 Å². The SMILES string of the molecule is CC(OB(OC(C)(c1ccccc1)C(C)(c1ccccc1)c1ccccc1)OC(C)(c1ccccc1)C(C)(c1ccccc1)c1ccccc1)(c1ccccc1)C(C)(c1ccccc1)c1ccccc1. The molecule has 0 heterocycles. The van der Waals surface area contributed by atoms with Gasteiger partial charge in [0.25, 0.3) is 0 Å². The summed E-state index contributed by atoms with van der Waals surface area (Å²) in [4.78, 5) is 0. The minimum absolute atomic E-state index is 0.821. The Bertz CT molecular complexity index is 2560.